The first-order chi connectivity index (χ1) is 5.78. The van der Waals surface area contributed by atoms with E-state index in [1.54, 1.807) is 0 Å². The van der Waals surface area contributed by atoms with Crippen molar-refractivity contribution in [1.29, 1.82) is 0 Å². The minimum Gasteiger partial charge on any atom is -0.303 e. The lowest BCUT2D eigenvalue weighted by Gasteiger charge is -2.24. The van der Waals surface area contributed by atoms with Crippen LogP contribution >= 0.6 is 0 Å². The van der Waals surface area contributed by atoms with E-state index in [0.29, 0.717) is 0 Å². The maximum Gasteiger partial charge on any atom is 0.000933 e. The van der Waals surface area contributed by atoms with E-state index in [2.05, 4.69) is 32.6 Å². The maximum absolute atomic E-state index is 2.57. The normalized spacial score (nSPS) is 11.5. The lowest BCUT2D eigenvalue weighted by Crippen LogP contribution is -2.29. The van der Waals surface area contributed by atoms with Gasteiger partial charge in [0.25, 0.3) is 0 Å². The molecule has 0 bridgehead atoms. The highest BCUT2D eigenvalue weighted by atomic mass is 15.1. The van der Waals surface area contributed by atoms with Gasteiger partial charge in [-0.2, -0.15) is 0 Å². The fourth-order valence-corrected chi connectivity index (χ4v) is 1.61. The Kier molecular flexibility index (Phi) is 7.58. The Labute approximate surface area is 78.1 Å². The molecule has 0 aromatic rings. The number of rotatable bonds is 7. The van der Waals surface area contributed by atoms with Crippen LogP contribution in [0.3, 0.4) is 0 Å². The first kappa shape index (κ1) is 12.0. The van der Waals surface area contributed by atoms with Gasteiger partial charge >= 0.3 is 0 Å². The Bertz CT molecular complexity index is 87.0. The van der Waals surface area contributed by atoms with Crippen LogP contribution in [-0.2, 0) is 0 Å². The van der Waals surface area contributed by atoms with E-state index in [-0.39, 0.29) is 0 Å². The molecule has 0 N–H and O–H groups in total. The van der Waals surface area contributed by atoms with Gasteiger partial charge in [-0.25, -0.2) is 0 Å². The topological polar surface area (TPSA) is 3.24 Å². The van der Waals surface area contributed by atoms with Crippen LogP contribution in [0, 0.1) is 5.92 Å². The predicted octanol–water partition coefficient (Wildman–Crippen LogP) is 3.15. The summed E-state index contributed by atoms with van der Waals surface area (Å²) >= 11 is 0. The van der Waals surface area contributed by atoms with Crippen LogP contribution in [0.15, 0.2) is 0 Å². The van der Waals surface area contributed by atoms with Crippen LogP contribution < -0.4 is 0 Å². The van der Waals surface area contributed by atoms with Gasteiger partial charge in [0.1, 0.15) is 0 Å². The van der Waals surface area contributed by atoms with Crippen molar-refractivity contribution in [1.82, 2.24) is 4.90 Å². The fourth-order valence-electron chi connectivity index (χ4n) is 1.61. The van der Waals surface area contributed by atoms with Crippen LogP contribution in [0.1, 0.15) is 47.0 Å². The monoisotopic (exact) mass is 171 g/mol. The second kappa shape index (κ2) is 7.60. The van der Waals surface area contributed by atoms with Gasteiger partial charge in [0, 0.05) is 6.54 Å². The number of nitrogens with zero attached hydrogens (tertiary/aromatic N) is 1. The minimum atomic E-state index is 0.913. The molecule has 1 nitrogen and oxygen atoms in total. The van der Waals surface area contributed by atoms with Crippen LogP contribution in [0.5, 0.6) is 0 Å². The van der Waals surface area contributed by atoms with Gasteiger partial charge in [0.15, 0.2) is 0 Å². The summed E-state index contributed by atoms with van der Waals surface area (Å²) in [7, 11) is 0. The Morgan fingerprint density at radius 3 is 1.92 bits per heavy atom. The SMILES string of the molecule is CCCN(CC)CC(CC)CC. The van der Waals surface area contributed by atoms with Gasteiger partial charge in [-0.05, 0) is 25.4 Å². The molecule has 0 heterocycles. The summed E-state index contributed by atoms with van der Waals surface area (Å²) in [6.07, 6.45) is 3.95. The summed E-state index contributed by atoms with van der Waals surface area (Å²) in [5, 5.41) is 0. The van der Waals surface area contributed by atoms with Gasteiger partial charge in [-0.1, -0.05) is 40.5 Å². The molecule has 0 unspecified atom stereocenters. The summed E-state index contributed by atoms with van der Waals surface area (Å²) in [4.78, 5) is 2.57. The number of hydrogen-bond donors (Lipinski definition) is 0. The Morgan fingerprint density at radius 1 is 1.00 bits per heavy atom. The van der Waals surface area contributed by atoms with Gasteiger partial charge < -0.3 is 4.90 Å². The molecule has 0 aliphatic carbocycles. The third-order valence-electron chi connectivity index (χ3n) is 2.66. The molecule has 12 heavy (non-hydrogen) atoms. The van der Waals surface area contributed by atoms with E-state index >= 15 is 0 Å². The van der Waals surface area contributed by atoms with Crippen molar-refractivity contribution in [3.05, 3.63) is 0 Å². The molecule has 0 aromatic heterocycles. The van der Waals surface area contributed by atoms with Crippen molar-refractivity contribution in [3.63, 3.8) is 0 Å². The molecule has 0 aliphatic rings. The van der Waals surface area contributed by atoms with E-state index in [9.17, 15) is 0 Å². The largest absolute Gasteiger partial charge is 0.303 e. The third kappa shape index (κ3) is 4.76. The lowest BCUT2D eigenvalue weighted by atomic mass is 10.0. The Balaban J connectivity index is 3.65. The third-order valence-corrected chi connectivity index (χ3v) is 2.66. The van der Waals surface area contributed by atoms with Crippen molar-refractivity contribution in [2.75, 3.05) is 19.6 Å². The van der Waals surface area contributed by atoms with Gasteiger partial charge in [0.2, 0.25) is 0 Å². The molecule has 0 spiro atoms. The summed E-state index contributed by atoms with van der Waals surface area (Å²) in [6, 6.07) is 0. The van der Waals surface area contributed by atoms with Crippen molar-refractivity contribution >= 4 is 0 Å². The smallest absolute Gasteiger partial charge is 0.000933 e. The summed E-state index contributed by atoms with van der Waals surface area (Å²) in [6.45, 7) is 12.9. The van der Waals surface area contributed by atoms with Crippen molar-refractivity contribution < 1.29 is 0 Å². The molecule has 0 radical (unpaired) electrons. The van der Waals surface area contributed by atoms with Crippen LogP contribution in [0.25, 0.3) is 0 Å². The maximum atomic E-state index is 2.57. The van der Waals surface area contributed by atoms with E-state index in [1.807, 2.05) is 0 Å². The zero-order valence-electron chi connectivity index (χ0n) is 9.27. The van der Waals surface area contributed by atoms with Gasteiger partial charge in [0.05, 0.1) is 0 Å². The first-order valence-electron chi connectivity index (χ1n) is 5.50. The highest BCUT2D eigenvalue weighted by molar-refractivity contribution is 4.62. The van der Waals surface area contributed by atoms with E-state index in [1.165, 1.54) is 38.9 Å². The molecule has 0 aromatic carbocycles. The first-order valence-corrected chi connectivity index (χ1v) is 5.50. The standard InChI is InChI=1S/C11H25N/c1-5-9-12(8-4)10-11(6-2)7-3/h11H,5-10H2,1-4H3. The average Bonchev–Trinajstić information content (AvgIpc) is 2.12. The van der Waals surface area contributed by atoms with Crippen LogP contribution in [0.2, 0.25) is 0 Å². The summed E-state index contributed by atoms with van der Waals surface area (Å²) in [5.41, 5.74) is 0. The molecule has 0 rings (SSSR count). The van der Waals surface area contributed by atoms with E-state index < -0.39 is 0 Å². The van der Waals surface area contributed by atoms with Crippen molar-refractivity contribution in [3.8, 4) is 0 Å². The van der Waals surface area contributed by atoms with Gasteiger partial charge in [-0.3, -0.25) is 0 Å². The van der Waals surface area contributed by atoms with E-state index in [0.717, 1.165) is 5.92 Å². The summed E-state index contributed by atoms with van der Waals surface area (Å²) in [5.74, 6) is 0.913. The summed E-state index contributed by atoms with van der Waals surface area (Å²) < 4.78 is 0. The molecular formula is C11H25N. The molecule has 74 valence electrons. The van der Waals surface area contributed by atoms with Crippen LogP contribution in [0.4, 0.5) is 0 Å². The van der Waals surface area contributed by atoms with Crippen molar-refractivity contribution in [2.45, 2.75) is 47.0 Å². The molecule has 0 fully saturated rings. The van der Waals surface area contributed by atoms with Gasteiger partial charge in [-0.15, -0.1) is 0 Å². The molecule has 0 amide bonds. The molecular weight excluding hydrogens is 146 g/mol. The Morgan fingerprint density at radius 2 is 1.58 bits per heavy atom. The van der Waals surface area contributed by atoms with E-state index in [4.69, 9.17) is 0 Å². The lowest BCUT2D eigenvalue weighted by molar-refractivity contribution is 0.234. The Hall–Kier alpha value is -0.0400. The quantitative estimate of drug-likeness (QED) is 0.569. The number of hydrogen-bond acceptors (Lipinski definition) is 1. The fraction of sp³-hybridized carbons (Fsp3) is 1.00. The van der Waals surface area contributed by atoms with Crippen molar-refractivity contribution in [2.24, 2.45) is 5.92 Å². The molecule has 1 heteroatoms. The zero-order valence-corrected chi connectivity index (χ0v) is 9.27. The molecule has 0 aliphatic heterocycles. The van der Waals surface area contributed by atoms with Crippen LogP contribution in [-0.4, -0.2) is 24.5 Å². The molecule has 0 saturated carbocycles. The highest BCUT2D eigenvalue weighted by Crippen LogP contribution is 2.09. The molecule has 0 atom stereocenters. The molecule has 0 saturated heterocycles. The highest BCUT2D eigenvalue weighted by Gasteiger charge is 2.08. The zero-order chi connectivity index (χ0) is 9.40. The average molecular weight is 171 g/mol. The second-order valence-corrected chi connectivity index (χ2v) is 3.58. The minimum absolute atomic E-state index is 0.913. The second-order valence-electron chi connectivity index (χ2n) is 3.58. The predicted molar refractivity (Wildman–Crippen MR) is 56.5 cm³/mol.